The number of nitrogens with one attached hydrogen (secondary N) is 2. The molecule has 2 rings (SSSR count). The molecule has 6 heteroatoms. The molecule has 0 amide bonds. The standard InChI is InChI=1S/C14H20N6/c1-3-10-6-5-7-16-11(10)9-17-13-8-14(20-15)19-12(4-2)18-13/h5-8H,3-4,9,15H2,1-2H3,(H2,17,18,19,20). The zero-order valence-electron chi connectivity index (χ0n) is 11.8. The molecule has 0 aliphatic rings. The quantitative estimate of drug-likeness (QED) is 0.550. The Morgan fingerprint density at radius 3 is 2.65 bits per heavy atom. The Kier molecular flexibility index (Phi) is 4.84. The van der Waals surface area contributed by atoms with Gasteiger partial charge in [0.15, 0.2) is 0 Å². The summed E-state index contributed by atoms with van der Waals surface area (Å²) in [6.45, 7) is 4.76. The van der Waals surface area contributed by atoms with Crippen LogP contribution in [0.1, 0.15) is 30.9 Å². The highest BCUT2D eigenvalue weighted by atomic mass is 15.3. The van der Waals surface area contributed by atoms with Gasteiger partial charge in [-0.25, -0.2) is 15.8 Å². The zero-order valence-corrected chi connectivity index (χ0v) is 11.8. The van der Waals surface area contributed by atoms with Crippen molar-refractivity contribution in [1.82, 2.24) is 15.0 Å². The first-order chi connectivity index (χ1) is 9.76. The van der Waals surface area contributed by atoms with Crippen LogP contribution in [-0.4, -0.2) is 15.0 Å². The smallest absolute Gasteiger partial charge is 0.145 e. The number of pyridine rings is 1. The Bertz CT molecular complexity index is 547. The molecule has 6 nitrogen and oxygen atoms in total. The fourth-order valence-electron chi connectivity index (χ4n) is 1.95. The number of hydrazine groups is 1. The molecule has 0 saturated heterocycles. The fraction of sp³-hybridized carbons (Fsp3) is 0.357. The molecular formula is C14H20N6. The molecule has 20 heavy (non-hydrogen) atoms. The molecular weight excluding hydrogens is 252 g/mol. The van der Waals surface area contributed by atoms with Gasteiger partial charge in [-0.2, -0.15) is 0 Å². The van der Waals surface area contributed by atoms with E-state index in [4.69, 9.17) is 5.84 Å². The highest BCUT2D eigenvalue weighted by molar-refractivity contribution is 5.47. The predicted octanol–water partition coefficient (Wildman–Crippen LogP) is 1.89. The lowest BCUT2D eigenvalue weighted by atomic mass is 10.1. The zero-order chi connectivity index (χ0) is 14.4. The van der Waals surface area contributed by atoms with Gasteiger partial charge in [0.25, 0.3) is 0 Å². The number of nitrogens with two attached hydrogens (primary N) is 1. The minimum Gasteiger partial charge on any atom is -0.364 e. The van der Waals surface area contributed by atoms with E-state index in [2.05, 4.69) is 38.7 Å². The van der Waals surface area contributed by atoms with Gasteiger partial charge in [-0.05, 0) is 18.1 Å². The van der Waals surface area contributed by atoms with Crippen LogP contribution in [0.5, 0.6) is 0 Å². The topological polar surface area (TPSA) is 88.8 Å². The first-order valence-electron chi connectivity index (χ1n) is 6.78. The number of aromatic nitrogens is 3. The normalized spacial score (nSPS) is 10.3. The highest BCUT2D eigenvalue weighted by Gasteiger charge is 2.05. The summed E-state index contributed by atoms with van der Waals surface area (Å²) >= 11 is 0. The van der Waals surface area contributed by atoms with Crippen LogP contribution in [0.15, 0.2) is 24.4 Å². The lowest BCUT2D eigenvalue weighted by Crippen LogP contribution is -2.12. The van der Waals surface area contributed by atoms with Crippen molar-refractivity contribution in [2.24, 2.45) is 5.84 Å². The average molecular weight is 272 g/mol. The SMILES string of the molecule is CCc1nc(NN)cc(NCc2ncccc2CC)n1. The van der Waals surface area contributed by atoms with Crippen molar-refractivity contribution < 1.29 is 0 Å². The number of hydrogen-bond acceptors (Lipinski definition) is 6. The van der Waals surface area contributed by atoms with Crippen LogP contribution in [0.3, 0.4) is 0 Å². The maximum atomic E-state index is 5.41. The molecule has 0 aliphatic heterocycles. The summed E-state index contributed by atoms with van der Waals surface area (Å²) in [5.41, 5.74) is 4.83. The second kappa shape index (κ2) is 6.81. The molecule has 0 unspecified atom stereocenters. The number of nitrogens with zero attached hydrogens (tertiary/aromatic N) is 3. The van der Waals surface area contributed by atoms with Gasteiger partial charge in [0, 0.05) is 18.7 Å². The van der Waals surface area contributed by atoms with Crippen LogP contribution in [0.25, 0.3) is 0 Å². The third-order valence-corrected chi connectivity index (χ3v) is 3.04. The van der Waals surface area contributed by atoms with Gasteiger partial charge in [-0.1, -0.05) is 19.9 Å². The van der Waals surface area contributed by atoms with Crippen LogP contribution < -0.4 is 16.6 Å². The first kappa shape index (κ1) is 14.2. The number of nitrogen functional groups attached to an aromatic ring is 1. The van der Waals surface area contributed by atoms with Gasteiger partial charge in [-0.15, -0.1) is 0 Å². The van der Waals surface area contributed by atoms with Gasteiger partial charge < -0.3 is 10.7 Å². The van der Waals surface area contributed by atoms with Crippen LogP contribution in [0.4, 0.5) is 11.6 Å². The number of rotatable bonds is 6. The minimum absolute atomic E-state index is 0.607. The molecule has 0 radical (unpaired) electrons. The van der Waals surface area contributed by atoms with E-state index in [-0.39, 0.29) is 0 Å². The summed E-state index contributed by atoms with van der Waals surface area (Å²) < 4.78 is 0. The van der Waals surface area contributed by atoms with E-state index in [1.54, 1.807) is 12.3 Å². The molecule has 4 N–H and O–H groups in total. The molecule has 0 aromatic carbocycles. The van der Waals surface area contributed by atoms with Gasteiger partial charge >= 0.3 is 0 Å². The van der Waals surface area contributed by atoms with E-state index in [0.717, 1.165) is 30.2 Å². The Hall–Kier alpha value is -2.21. The van der Waals surface area contributed by atoms with E-state index < -0.39 is 0 Å². The summed E-state index contributed by atoms with van der Waals surface area (Å²) in [7, 11) is 0. The van der Waals surface area contributed by atoms with E-state index in [1.807, 2.05) is 13.0 Å². The van der Waals surface area contributed by atoms with Crippen LogP contribution in [-0.2, 0) is 19.4 Å². The van der Waals surface area contributed by atoms with Gasteiger partial charge in [0.2, 0.25) is 0 Å². The highest BCUT2D eigenvalue weighted by Crippen LogP contribution is 2.13. The Morgan fingerprint density at radius 2 is 1.95 bits per heavy atom. The fourth-order valence-corrected chi connectivity index (χ4v) is 1.95. The lowest BCUT2D eigenvalue weighted by molar-refractivity contribution is 0.918. The van der Waals surface area contributed by atoms with E-state index in [1.165, 1.54) is 5.56 Å². The molecule has 2 heterocycles. The summed E-state index contributed by atoms with van der Waals surface area (Å²) in [6.07, 6.45) is 3.53. The number of hydrogen-bond donors (Lipinski definition) is 3. The molecule has 0 saturated carbocycles. The van der Waals surface area contributed by atoms with E-state index in [9.17, 15) is 0 Å². The van der Waals surface area contributed by atoms with Gasteiger partial charge in [0.1, 0.15) is 17.5 Å². The molecule has 0 aliphatic carbocycles. The van der Waals surface area contributed by atoms with Crippen molar-refractivity contribution in [3.63, 3.8) is 0 Å². The van der Waals surface area contributed by atoms with Crippen LogP contribution in [0, 0.1) is 0 Å². The minimum atomic E-state index is 0.607. The molecule has 0 atom stereocenters. The van der Waals surface area contributed by atoms with Crippen LogP contribution in [0.2, 0.25) is 0 Å². The molecule has 106 valence electrons. The van der Waals surface area contributed by atoms with Crippen molar-refractivity contribution >= 4 is 11.6 Å². The van der Waals surface area contributed by atoms with Gasteiger partial charge in [0.05, 0.1) is 12.2 Å². The van der Waals surface area contributed by atoms with Crippen molar-refractivity contribution in [2.45, 2.75) is 33.2 Å². The number of aryl methyl sites for hydroxylation is 2. The molecule has 2 aromatic rings. The van der Waals surface area contributed by atoms with Crippen molar-refractivity contribution in [3.8, 4) is 0 Å². The largest absolute Gasteiger partial charge is 0.364 e. The van der Waals surface area contributed by atoms with Crippen molar-refractivity contribution in [2.75, 3.05) is 10.7 Å². The monoisotopic (exact) mass is 272 g/mol. The Balaban J connectivity index is 2.14. The Labute approximate surface area is 118 Å². The maximum Gasteiger partial charge on any atom is 0.145 e. The summed E-state index contributed by atoms with van der Waals surface area (Å²) in [5.74, 6) is 7.52. The third-order valence-electron chi connectivity index (χ3n) is 3.04. The van der Waals surface area contributed by atoms with Crippen molar-refractivity contribution in [3.05, 3.63) is 41.5 Å². The predicted molar refractivity (Wildman–Crippen MR) is 80.2 cm³/mol. The van der Waals surface area contributed by atoms with Gasteiger partial charge in [-0.3, -0.25) is 4.98 Å². The molecule has 0 spiro atoms. The van der Waals surface area contributed by atoms with Crippen LogP contribution >= 0.6 is 0 Å². The summed E-state index contributed by atoms with van der Waals surface area (Å²) in [6, 6.07) is 5.83. The average Bonchev–Trinajstić information content (AvgIpc) is 2.52. The lowest BCUT2D eigenvalue weighted by Gasteiger charge is -2.10. The second-order valence-corrected chi connectivity index (χ2v) is 4.37. The van der Waals surface area contributed by atoms with E-state index in [0.29, 0.717) is 12.4 Å². The van der Waals surface area contributed by atoms with E-state index >= 15 is 0 Å². The second-order valence-electron chi connectivity index (χ2n) is 4.37. The molecule has 2 aromatic heterocycles. The number of anilines is 2. The van der Waals surface area contributed by atoms with Crippen molar-refractivity contribution in [1.29, 1.82) is 0 Å². The summed E-state index contributed by atoms with van der Waals surface area (Å²) in [4.78, 5) is 13.1. The first-order valence-corrected chi connectivity index (χ1v) is 6.78. The maximum absolute atomic E-state index is 5.41. The summed E-state index contributed by atoms with van der Waals surface area (Å²) in [5, 5.41) is 3.28. The Morgan fingerprint density at radius 1 is 1.15 bits per heavy atom. The molecule has 0 fully saturated rings. The third kappa shape index (κ3) is 3.42. The molecule has 0 bridgehead atoms.